The molecule has 0 fully saturated rings. The number of thioether (sulfide) groups is 1. The molecule has 0 rings (SSSR count). The topological polar surface area (TPSA) is 55.8 Å². The SMILES string of the molecule is CCCCCCCCCCCCCCCCCCSCC(CSP(=O)(O)OCC[N+](C)(C)C)OC. The third-order valence-corrected chi connectivity index (χ3v) is 10.5. The predicted molar refractivity (Wildman–Crippen MR) is 159 cm³/mol. The average molecular weight is 557 g/mol. The summed E-state index contributed by atoms with van der Waals surface area (Å²) in [6.45, 7) is -0.332. The quantitative estimate of drug-likeness (QED) is 0.0621. The van der Waals surface area contributed by atoms with Crippen LogP contribution in [-0.2, 0) is 13.8 Å². The molecule has 35 heavy (non-hydrogen) atoms. The summed E-state index contributed by atoms with van der Waals surface area (Å²) in [7, 11) is 7.80. The highest BCUT2D eigenvalue weighted by Crippen LogP contribution is 2.55. The number of hydrogen-bond acceptors (Lipinski definition) is 5. The summed E-state index contributed by atoms with van der Waals surface area (Å²) in [4.78, 5) is 10.0. The first-order valence-corrected chi connectivity index (χ1v) is 18.6. The molecule has 1 N–H and O–H groups in total. The smallest absolute Gasteiger partial charge is 0.380 e. The molecular weight excluding hydrogens is 497 g/mol. The molecule has 0 amide bonds. The molecule has 0 spiro atoms. The van der Waals surface area contributed by atoms with Gasteiger partial charge in [-0.3, -0.25) is 4.52 Å². The van der Waals surface area contributed by atoms with Crippen molar-refractivity contribution in [2.24, 2.45) is 0 Å². The van der Waals surface area contributed by atoms with E-state index in [1.807, 2.05) is 32.9 Å². The molecule has 2 unspecified atom stereocenters. The number of hydrogen-bond donors (Lipinski definition) is 1. The van der Waals surface area contributed by atoms with Crippen molar-refractivity contribution in [3.63, 3.8) is 0 Å². The first-order valence-electron chi connectivity index (χ1n) is 14.2. The fraction of sp³-hybridized carbons (Fsp3) is 1.00. The van der Waals surface area contributed by atoms with Crippen LogP contribution in [0.5, 0.6) is 0 Å². The van der Waals surface area contributed by atoms with E-state index in [2.05, 4.69) is 6.92 Å². The summed E-state index contributed by atoms with van der Waals surface area (Å²) in [6.07, 6.45) is 22.3. The van der Waals surface area contributed by atoms with Crippen LogP contribution in [0, 0.1) is 0 Å². The highest BCUT2D eigenvalue weighted by atomic mass is 32.7. The molecule has 2 atom stereocenters. The number of likely N-dealkylation sites (N-methyl/N-ethyl adjacent to an activating group) is 1. The fourth-order valence-electron chi connectivity index (χ4n) is 3.80. The number of rotatable bonds is 27. The van der Waals surface area contributed by atoms with Crippen molar-refractivity contribution >= 4 is 29.9 Å². The second-order valence-electron chi connectivity index (χ2n) is 10.8. The van der Waals surface area contributed by atoms with Crippen LogP contribution in [-0.4, -0.2) is 74.1 Å². The third kappa shape index (κ3) is 27.6. The van der Waals surface area contributed by atoms with Gasteiger partial charge in [0.25, 0.3) is 0 Å². The molecule has 0 saturated heterocycles. The summed E-state index contributed by atoms with van der Waals surface area (Å²) in [5.74, 6) is 2.49. The van der Waals surface area contributed by atoms with Crippen molar-refractivity contribution in [1.82, 2.24) is 0 Å². The fourth-order valence-corrected chi connectivity index (χ4v) is 7.54. The van der Waals surface area contributed by atoms with E-state index in [9.17, 15) is 9.46 Å². The Hall–Kier alpha value is 0.770. The van der Waals surface area contributed by atoms with Gasteiger partial charge in [0.1, 0.15) is 13.2 Å². The van der Waals surface area contributed by atoms with Crippen molar-refractivity contribution in [1.29, 1.82) is 0 Å². The maximum absolute atomic E-state index is 12.2. The molecule has 0 bridgehead atoms. The van der Waals surface area contributed by atoms with Crippen molar-refractivity contribution in [3.05, 3.63) is 0 Å². The standard InChI is InChI=1S/C27H58NO4PS2/c1-6-7-8-9-10-11-12-13-14-15-16-17-18-19-20-21-24-34-25-27(31-5)26-35-33(29,30)32-23-22-28(2,3)4/h27H,6-26H2,1-5H3/p+1. The Kier molecular flexibility index (Phi) is 24.4. The van der Waals surface area contributed by atoms with Crippen LogP contribution in [0.2, 0.25) is 0 Å². The Morgan fingerprint density at radius 2 is 1.23 bits per heavy atom. The third-order valence-electron chi connectivity index (χ3n) is 6.22. The highest BCUT2D eigenvalue weighted by Gasteiger charge is 2.24. The van der Waals surface area contributed by atoms with Gasteiger partial charge in [-0.2, -0.15) is 11.8 Å². The second-order valence-corrected chi connectivity index (χ2v) is 15.9. The van der Waals surface area contributed by atoms with Crippen LogP contribution >= 0.6 is 29.9 Å². The zero-order valence-electron chi connectivity index (χ0n) is 23.8. The van der Waals surface area contributed by atoms with Gasteiger partial charge in [0.05, 0.1) is 27.2 Å². The van der Waals surface area contributed by atoms with Gasteiger partial charge in [-0.25, -0.2) is 4.57 Å². The molecule has 0 heterocycles. The van der Waals surface area contributed by atoms with E-state index >= 15 is 0 Å². The van der Waals surface area contributed by atoms with E-state index in [1.54, 1.807) is 7.11 Å². The van der Waals surface area contributed by atoms with Gasteiger partial charge in [0.15, 0.2) is 0 Å². The molecule has 5 nitrogen and oxygen atoms in total. The Morgan fingerprint density at radius 3 is 1.66 bits per heavy atom. The van der Waals surface area contributed by atoms with Gasteiger partial charge < -0.3 is 14.1 Å². The van der Waals surface area contributed by atoms with E-state index in [-0.39, 0.29) is 12.7 Å². The summed E-state index contributed by atoms with van der Waals surface area (Å²) in [6, 6.07) is 0. The van der Waals surface area contributed by atoms with Gasteiger partial charge in [0, 0.05) is 18.6 Å². The Bertz CT molecular complexity index is 506. The van der Waals surface area contributed by atoms with Crippen LogP contribution in [0.4, 0.5) is 0 Å². The van der Waals surface area contributed by atoms with E-state index in [1.165, 1.54) is 103 Å². The van der Waals surface area contributed by atoms with E-state index in [0.29, 0.717) is 16.8 Å². The Morgan fingerprint density at radius 1 is 0.771 bits per heavy atom. The number of unbranched alkanes of at least 4 members (excludes halogenated alkanes) is 15. The Balaban J connectivity index is 3.49. The summed E-state index contributed by atoms with van der Waals surface area (Å²) in [5.41, 5.74) is 0. The van der Waals surface area contributed by atoms with Gasteiger partial charge in [-0.1, -0.05) is 103 Å². The van der Waals surface area contributed by atoms with Gasteiger partial charge in [-0.15, -0.1) is 0 Å². The first-order chi connectivity index (χ1) is 16.7. The molecule has 0 radical (unpaired) electrons. The largest absolute Gasteiger partial charge is 0.386 e. The zero-order valence-corrected chi connectivity index (χ0v) is 26.3. The molecule has 212 valence electrons. The minimum absolute atomic E-state index is 0.0199. The normalized spacial score (nSPS) is 14.8. The van der Waals surface area contributed by atoms with Crippen LogP contribution in [0.25, 0.3) is 0 Å². The van der Waals surface area contributed by atoms with E-state index in [4.69, 9.17) is 9.26 Å². The first kappa shape index (κ1) is 35.8. The second kappa shape index (κ2) is 23.9. The highest BCUT2D eigenvalue weighted by molar-refractivity contribution is 8.54. The molecular formula is C27H59NO4PS2+. The molecule has 8 heteroatoms. The maximum Gasteiger partial charge on any atom is 0.386 e. The number of ether oxygens (including phenoxy) is 1. The van der Waals surface area contributed by atoms with Crippen molar-refractivity contribution in [2.75, 3.05) is 58.7 Å². The van der Waals surface area contributed by atoms with Crippen molar-refractivity contribution < 1.29 is 23.2 Å². The van der Waals surface area contributed by atoms with E-state index < -0.39 is 6.80 Å². The average Bonchev–Trinajstić information content (AvgIpc) is 2.79. The van der Waals surface area contributed by atoms with Gasteiger partial charge in [0.2, 0.25) is 0 Å². The molecule has 0 aliphatic carbocycles. The van der Waals surface area contributed by atoms with Crippen molar-refractivity contribution in [3.8, 4) is 0 Å². The minimum Gasteiger partial charge on any atom is -0.380 e. The lowest BCUT2D eigenvalue weighted by molar-refractivity contribution is -0.870. The monoisotopic (exact) mass is 556 g/mol. The summed E-state index contributed by atoms with van der Waals surface area (Å²) < 4.78 is 23.6. The predicted octanol–water partition coefficient (Wildman–Crippen LogP) is 8.55. The molecule has 0 aliphatic rings. The van der Waals surface area contributed by atoms with Crippen LogP contribution in [0.1, 0.15) is 110 Å². The lowest BCUT2D eigenvalue weighted by atomic mass is 10.0. The molecule has 0 aromatic rings. The minimum atomic E-state index is -3.61. The van der Waals surface area contributed by atoms with Crippen LogP contribution in [0.3, 0.4) is 0 Å². The van der Waals surface area contributed by atoms with Crippen LogP contribution in [0.15, 0.2) is 0 Å². The van der Waals surface area contributed by atoms with Crippen molar-refractivity contribution in [2.45, 2.75) is 116 Å². The molecule has 0 aliphatic heterocycles. The van der Waals surface area contributed by atoms with E-state index in [0.717, 1.165) is 22.9 Å². The zero-order chi connectivity index (χ0) is 26.3. The molecule has 0 aromatic heterocycles. The number of quaternary nitrogens is 1. The van der Waals surface area contributed by atoms with Crippen LogP contribution < -0.4 is 0 Å². The van der Waals surface area contributed by atoms with Gasteiger partial charge >= 0.3 is 6.80 Å². The lowest BCUT2D eigenvalue weighted by Crippen LogP contribution is -2.37. The number of nitrogens with zero attached hydrogens (tertiary/aromatic N) is 1. The Labute approximate surface area is 227 Å². The maximum atomic E-state index is 12.2. The lowest BCUT2D eigenvalue weighted by Gasteiger charge is -2.24. The molecule has 0 aromatic carbocycles. The number of methoxy groups -OCH3 is 1. The summed E-state index contributed by atoms with van der Waals surface area (Å²) in [5, 5.41) is 0. The summed E-state index contributed by atoms with van der Waals surface area (Å²) >= 11 is 2.89. The van der Waals surface area contributed by atoms with Gasteiger partial charge in [-0.05, 0) is 23.6 Å². The molecule has 0 saturated carbocycles.